The zero-order valence-corrected chi connectivity index (χ0v) is 10.5. The molecule has 0 aromatic carbocycles. The van der Waals surface area contributed by atoms with Crippen molar-refractivity contribution in [3.05, 3.63) is 23.2 Å². The number of carbonyl (C=O) groups excluding carboxylic acids is 1. The van der Waals surface area contributed by atoms with Crippen molar-refractivity contribution in [3.63, 3.8) is 0 Å². The van der Waals surface area contributed by atoms with Gasteiger partial charge in [0.2, 0.25) is 0 Å². The molecular formula is C13H20N2O2. The van der Waals surface area contributed by atoms with Gasteiger partial charge in [0.25, 0.3) is 5.91 Å². The van der Waals surface area contributed by atoms with Gasteiger partial charge in [-0.15, -0.1) is 0 Å². The molecule has 1 heterocycles. The first-order chi connectivity index (χ1) is 8.06. The highest BCUT2D eigenvalue weighted by atomic mass is 16.3. The maximum Gasteiger partial charge on any atom is 0.254 e. The van der Waals surface area contributed by atoms with Gasteiger partial charge in [-0.25, -0.2) is 0 Å². The summed E-state index contributed by atoms with van der Waals surface area (Å²) in [6.07, 6.45) is 3.35. The summed E-state index contributed by atoms with van der Waals surface area (Å²) in [7, 11) is 0. The van der Waals surface area contributed by atoms with Crippen LogP contribution in [0.5, 0.6) is 0 Å². The lowest BCUT2D eigenvalue weighted by atomic mass is 10.0. The van der Waals surface area contributed by atoms with Gasteiger partial charge in [-0.05, 0) is 51.1 Å². The van der Waals surface area contributed by atoms with Crippen LogP contribution in [0.1, 0.15) is 41.1 Å². The SMILES string of the molecule is Cc1cc(C(=O)NCC2(CCN)CC2)c(C)o1. The summed E-state index contributed by atoms with van der Waals surface area (Å²) in [4.78, 5) is 12.0. The third-order valence-electron chi connectivity index (χ3n) is 3.54. The molecule has 0 aliphatic heterocycles. The second-order valence-electron chi connectivity index (χ2n) is 5.05. The Hall–Kier alpha value is -1.29. The molecule has 0 unspecified atom stereocenters. The van der Waals surface area contributed by atoms with E-state index in [9.17, 15) is 4.79 Å². The Balaban J connectivity index is 1.92. The number of nitrogens with one attached hydrogen (secondary N) is 1. The topological polar surface area (TPSA) is 68.3 Å². The van der Waals surface area contributed by atoms with Crippen LogP contribution in [0.2, 0.25) is 0 Å². The molecule has 1 aliphatic rings. The fourth-order valence-electron chi connectivity index (χ4n) is 2.22. The van der Waals surface area contributed by atoms with Gasteiger partial charge >= 0.3 is 0 Å². The molecule has 1 aromatic rings. The van der Waals surface area contributed by atoms with Crippen molar-refractivity contribution in [1.29, 1.82) is 0 Å². The summed E-state index contributed by atoms with van der Waals surface area (Å²) in [5, 5.41) is 2.99. The van der Waals surface area contributed by atoms with Crippen molar-refractivity contribution >= 4 is 5.91 Å². The summed E-state index contributed by atoms with van der Waals surface area (Å²) in [6.45, 7) is 5.09. The van der Waals surface area contributed by atoms with Crippen LogP contribution in [-0.4, -0.2) is 19.0 Å². The molecule has 17 heavy (non-hydrogen) atoms. The molecule has 0 saturated heterocycles. The van der Waals surface area contributed by atoms with Crippen LogP contribution in [0, 0.1) is 19.3 Å². The lowest BCUT2D eigenvalue weighted by molar-refractivity contribution is 0.0942. The molecule has 1 fully saturated rings. The van der Waals surface area contributed by atoms with Gasteiger partial charge < -0.3 is 15.5 Å². The Kier molecular flexibility index (Phi) is 3.24. The van der Waals surface area contributed by atoms with Gasteiger partial charge in [0.1, 0.15) is 11.5 Å². The maximum absolute atomic E-state index is 12.0. The number of rotatable bonds is 5. The molecule has 0 bridgehead atoms. The molecule has 1 saturated carbocycles. The van der Waals surface area contributed by atoms with E-state index in [2.05, 4.69) is 5.32 Å². The first-order valence-electron chi connectivity index (χ1n) is 6.12. The summed E-state index contributed by atoms with van der Waals surface area (Å²) in [5.74, 6) is 1.42. The minimum atomic E-state index is -0.0392. The Morgan fingerprint density at radius 1 is 1.53 bits per heavy atom. The molecular weight excluding hydrogens is 216 g/mol. The highest BCUT2D eigenvalue weighted by molar-refractivity contribution is 5.95. The van der Waals surface area contributed by atoms with Crippen LogP contribution in [-0.2, 0) is 0 Å². The second kappa shape index (κ2) is 4.53. The van der Waals surface area contributed by atoms with Gasteiger partial charge in [-0.2, -0.15) is 0 Å². The lowest BCUT2D eigenvalue weighted by Crippen LogP contribution is -2.31. The quantitative estimate of drug-likeness (QED) is 0.818. The average molecular weight is 236 g/mol. The van der Waals surface area contributed by atoms with E-state index in [0.717, 1.165) is 18.7 Å². The smallest absolute Gasteiger partial charge is 0.254 e. The molecule has 1 aromatic heterocycles. The van der Waals surface area contributed by atoms with Gasteiger partial charge in [0, 0.05) is 6.54 Å². The molecule has 94 valence electrons. The third-order valence-corrected chi connectivity index (χ3v) is 3.54. The number of carbonyl (C=O) groups is 1. The van der Waals surface area contributed by atoms with E-state index in [1.54, 1.807) is 6.07 Å². The van der Waals surface area contributed by atoms with Gasteiger partial charge in [-0.1, -0.05) is 0 Å². The van der Waals surface area contributed by atoms with E-state index >= 15 is 0 Å². The van der Waals surface area contributed by atoms with Crippen LogP contribution in [0.3, 0.4) is 0 Å². The van der Waals surface area contributed by atoms with Crippen molar-refractivity contribution < 1.29 is 9.21 Å². The molecule has 0 radical (unpaired) electrons. The normalized spacial score (nSPS) is 16.9. The van der Waals surface area contributed by atoms with Gasteiger partial charge in [0.05, 0.1) is 5.56 Å². The van der Waals surface area contributed by atoms with Crippen LogP contribution < -0.4 is 11.1 Å². The van der Waals surface area contributed by atoms with Crippen molar-refractivity contribution in [2.75, 3.05) is 13.1 Å². The lowest BCUT2D eigenvalue weighted by Gasteiger charge is -2.14. The summed E-state index contributed by atoms with van der Waals surface area (Å²) in [5.41, 5.74) is 6.49. The fourth-order valence-corrected chi connectivity index (χ4v) is 2.22. The Morgan fingerprint density at radius 3 is 2.71 bits per heavy atom. The minimum Gasteiger partial charge on any atom is -0.466 e. The molecule has 0 spiro atoms. The molecule has 3 N–H and O–H groups in total. The van der Waals surface area contributed by atoms with E-state index in [1.807, 2.05) is 13.8 Å². The number of amides is 1. The van der Waals surface area contributed by atoms with Gasteiger partial charge in [0.15, 0.2) is 0 Å². The fraction of sp³-hybridized carbons (Fsp3) is 0.615. The Morgan fingerprint density at radius 2 is 2.24 bits per heavy atom. The number of furan rings is 1. The van der Waals surface area contributed by atoms with Crippen LogP contribution >= 0.6 is 0 Å². The second-order valence-corrected chi connectivity index (χ2v) is 5.05. The van der Waals surface area contributed by atoms with Crippen molar-refractivity contribution in [1.82, 2.24) is 5.32 Å². The maximum atomic E-state index is 12.0. The van der Waals surface area contributed by atoms with Crippen molar-refractivity contribution in [3.8, 4) is 0 Å². The third kappa shape index (κ3) is 2.69. The van der Waals surface area contributed by atoms with Crippen LogP contribution in [0.4, 0.5) is 0 Å². The predicted molar refractivity (Wildman–Crippen MR) is 65.9 cm³/mol. The average Bonchev–Trinajstić information content (AvgIpc) is 2.95. The van der Waals surface area contributed by atoms with E-state index in [-0.39, 0.29) is 11.3 Å². The number of aryl methyl sites for hydroxylation is 2. The molecule has 2 rings (SSSR count). The number of hydrogen-bond donors (Lipinski definition) is 2. The summed E-state index contributed by atoms with van der Waals surface area (Å²) in [6, 6.07) is 1.78. The van der Waals surface area contributed by atoms with E-state index in [4.69, 9.17) is 10.2 Å². The molecule has 4 nitrogen and oxygen atoms in total. The number of nitrogens with two attached hydrogens (primary N) is 1. The first-order valence-corrected chi connectivity index (χ1v) is 6.12. The predicted octanol–water partition coefficient (Wildman–Crippen LogP) is 1.76. The standard InChI is InChI=1S/C13H20N2O2/c1-9-7-11(10(2)17-9)12(16)15-8-13(3-4-13)5-6-14/h7H,3-6,8,14H2,1-2H3,(H,15,16). The molecule has 0 atom stereocenters. The van der Waals surface area contributed by atoms with Crippen molar-refractivity contribution in [2.45, 2.75) is 33.1 Å². The van der Waals surface area contributed by atoms with E-state index in [1.165, 1.54) is 12.8 Å². The first kappa shape index (κ1) is 12.2. The minimum absolute atomic E-state index is 0.0392. The zero-order chi connectivity index (χ0) is 12.5. The van der Waals surface area contributed by atoms with Crippen molar-refractivity contribution in [2.24, 2.45) is 11.1 Å². The largest absolute Gasteiger partial charge is 0.466 e. The molecule has 4 heteroatoms. The highest BCUT2D eigenvalue weighted by Crippen LogP contribution is 2.47. The summed E-state index contributed by atoms with van der Waals surface area (Å²) < 4.78 is 5.35. The highest BCUT2D eigenvalue weighted by Gasteiger charge is 2.41. The van der Waals surface area contributed by atoms with Crippen LogP contribution in [0.15, 0.2) is 10.5 Å². The van der Waals surface area contributed by atoms with E-state index in [0.29, 0.717) is 17.9 Å². The molecule has 1 amide bonds. The monoisotopic (exact) mass is 236 g/mol. The number of hydrogen-bond acceptors (Lipinski definition) is 3. The van der Waals surface area contributed by atoms with Gasteiger partial charge in [-0.3, -0.25) is 4.79 Å². The Labute approximate surface area is 102 Å². The Bertz CT molecular complexity index is 419. The van der Waals surface area contributed by atoms with E-state index < -0.39 is 0 Å². The molecule has 1 aliphatic carbocycles. The van der Waals surface area contributed by atoms with Crippen LogP contribution in [0.25, 0.3) is 0 Å². The zero-order valence-electron chi connectivity index (χ0n) is 10.5. The summed E-state index contributed by atoms with van der Waals surface area (Å²) >= 11 is 0.